The van der Waals surface area contributed by atoms with E-state index in [9.17, 15) is 0 Å². The van der Waals surface area contributed by atoms with Gasteiger partial charge in [0.25, 0.3) is 0 Å². The summed E-state index contributed by atoms with van der Waals surface area (Å²) in [6, 6.07) is 6.59. The molecule has 3 nitrogen and oxygen atoms in total. The van der Waals surface area contributed by atoms with E-state index in [-0.39, 0.29) is 0 Å². The SMILES string of the molecule is Cc1ncnc(-c2ccc3c(c2)CCCC3)c1N. The second-order valence-electron chi connectivity index (χ2n) is 4.91. The first-order chi connectivity index (χ1) is 8.75. The van der Waals surface area contributed by atoms with E-state index in [0.717, 1.165) is 17.0 Å². The second-order valence-corrected chi connectivity index (χ2v) is 4.91. The quantitative estimate of drug-likeness (QED) is 0.832. The molecule has 92 valence electrons. The van der Waals surface area contributed by atoms with Gasteiger partial charge in [0.1, 0.15) is 6.33 Å². The van der Waals surface area contributed by atoms with Crippen LogP contribution in [0.4, 0.5) is 5.69 Å². The van der Waals surface area contributed by atoms with Crippen LogP contribution in [0.1, 0.15) is 29.7 Å². The van der Waals surface area contributed by atoms with Crippen LogP contribution in [0.15, 0.2) is 24.5 Å². The normalized spacial score (nSPS) is 14.3. The molecule has 0 bridgehead atoms. The number of nitrogens with zero attached hydrogens (tertiary/aromatic N) is 2. The number of aromatic nitrogens is 2. The van der Waals surface area contributed by atoms with E-state index in [4.69, 9.17) is 5.73 Å². The molecular formula is C15H17N3. The van der Waals surface area contributed by atoms with E-state index in [1.54, 1.807) is 6.33 Å². The smallest absolute Gasteiger partial charge is 0.116 e. The van der Waals surface area contributed by atoms with Crippen molar-refractivity contribution >= 4 is 5.69 Å². The van der Waals surface area contributed by atoms with E-state index in [0.29, 0.717) is 5.69 Å². The first-order valence-electron chi connectivity index (χ1n) is 6.45. The number of rotatable bonds is 1. The number of aryl methyl sites for hydroxylation is 3. The molecule has 0 spiro atoms. The molecule has 2 aromatic rings. The predicted molar refractivity (Wildman–Crippen MR) is 73.3 cm³/mol. The first kappa shape index (κ1) is 11.2. The first-order valence-corrected chi connectivity index (χ1v) is 6.45. The average Bonchev–Trinajstić information content (AvgIpc) is 2.41. The van der Waals surface area contributed by atoms with Crippen LogP contribution in [-0.2, 0) is 12.8 Å². The predicted octanol–water partition coefficient (Wildman–Crippen LogP) is 2.91. The fourth-order valence-corrected chi connectivity index (χ4v) is 2.59. The van der Waals surface area contributed by atoms with Gasteiger partial charge in [-0.05, 0) is 49.8 Å². The summed E-state index contributed by atoms with van der Waals surface area (Å²) in [7, 11) is 0. The van der Waals surface area contributed by atoms with Crippen LogP contribution in [0.5, 0.6) is 0 Å². The summed E-state index contributed by atoms with van der Waals surface area (Å²) < 4.78 is 0. The summed E-state index contributed by atoms with van der Waals surface area (Å²) in [6.07, 6.45) is 6.55. The molecule has 1 aliphatic carbocycles. The van der Waals surface area contributed by atoms with Gasteiger partial charge in [-0.25, -0.2) is 9.97 Å². The van der Waals surface area contributed by atoms with E-state index in [2.05, 4.69) is 28.2 Å². The summed E-state index contributed by atoms with van der Waals surface area (Å²) in [5, 5.41) is 0. The lowest BCUT2D eigenvalue weighted by Crippen LogP contribution is -2.04. The molecular weight excluding hydrogens is 222 g/mol. The lowest BCUT2D eigenvalue weighted by molar-refractivity contribution is 0.686. The monoisotopic (exact) mass is 239 g/mol. The Morgan fingerprint density at radius 3 is 2.67 bits per heavy atom. The maximum absolute atomic E-state index is 6.07. The van der Waals surface area contributed by atoms with Gasteiger partial charge in [0, 0.05) is 5.56 Å². The number of nitrogens with two attached hydrogens (primary N) is 1. The van der Waals surface area contributed by atoms with Crippen molar-refractivity contribution < 1.29 is 0 Å². The Labute approximate surface area is 107 Å². The molecule has 3 heteroatoms. The van der Waals surface area contributed by atoms with Crippen LogP contribution in [0, 0.1) is 6.92 Å². The summed E-state index contributed by atoms with van der Waals surface area (Å²) >= 11 is 0. The number of hydrogen-bond acceptors (Lipinski definition) is 3. The van der Waals surface area contributed by atoms with Gasteiger partial charge < -0.3 is 5.73 Å². The third kappa shape index (κ3) is 1.86. The Kier molecular flexibility index (Phi) is 2.74. The fraction of sp³-hybridized carbons (Fsp3) is 0.333. The molecule has 1 heterocycles. The standard InChI is InChI=1S/C15H17N3/c1-10-14(16)15(18-9-17-10)13-7-6-11-4-2-3-5-12(11)8-13/h6-9H,2-5,16H2,1H3. The van der Waals surface area contributed by atoms with Gasteiger partial charge in [0.15, 0.2) is 0 Å². The zero-order chi connectivity index (χ0) is 12.5. The highest BCUT2D eigenvalue weighted by molar-refractivity contribution is 5.74. The highest BCUT2D eigenvalue weighted by Gasteiger charge is 2.12. The van der Waals surface area contributed by atoms with Crippen molar-refractivity contribution in [3.63, 3.8) is 0 Å². The molecule has 18 heavy (non-hydrogen) atoms. The molecule has 1 aromatic heterocycles. The van der Waals surface area contributed by atoms with Crippen LogP contribution in [0.25, 0.3) is 11.3 Å². The van der Waals surface area contributed by atoms with Gasteiger partial charge in [-0.2, -0.15) is 0 Å². The lowest BCUT2D eigenvalue weighted by atomic mass is 9.90. The topological polar surface area (TPSA) is 51.8 Å². The minimum absolute atomic E-state index is 0.688. The maximum atomic E-state index is 6.07. The van der Waals surface area contributed by atoms with Crippen LogP contribution in [0.2, 0.25) is 0 Å². The Hall–Kier alpha value is -1.90. The van der Waals surface area contributed by atoms with Crippen molar-refractivity contribution in [3.05, 3.63) is 41.3 Å². The lowest BCUT2D eigenvalue weighted by Gasteiger charge is -2.17. The molecule has 0 radical (unpaired) electrons. The molecule has 1 aromatic carbocycles. The van der Waals surface area contributed by atoms with Crippen molar-refractivity contribution in [2.45, 2.75) is 32.6 Å². The molecule has 0 saturated carbocycles. The van der Waals surface area contributed by atoms with Crippen molar-refractivity contribution in [3.8, 4) is 11.3 Å². The van der Waals surface area contributed by atoms with E-state index in [1.165, 1.54) is 36.8 Å². The number of hydrogen-bond donors (Lipinski definition) is 1. The third-order valence-electron chi connectivity index (χ3n) is 3.71. The molecule has 3 rings (SSSR count). The molecule has 0 aliphatic heterocycles. The van der Waals surface area contributed by atoms with Crippen molar-refractivity contribution in [2.24, 2.45) is 0 Å². The molecule has 0 saturated heterocycles. The zero-order valence-electron chi connectivity index (χ0n) is 10.6. The van der Waals surface area contributed by atoms with E-state index in [1.807, 2.05) is 6.92 Å². The van der Waals surface area contributed by atoms with Gasteiger partial charge in [0.05, 0.1) is 17.1 Å². The Morgan fingerprint density at radius 1 is 1.06 bits per heavy atom. The molecule has 2 N–H and O–H groups in total. The van der Waals surface area contributed by atoms with E-state index >= 15 is 0 Å². The zero-order valence-corrected chi connectivity index (χ0v) is 10.6. The van der Waals surface area contributed by atoms with Crippen LogP contribution >= 0.6 is 0 Å². The summed E-state index contributed by atoms with van der Waals surface area (Å²) in [5.74, 6) is 0. The van der Waals surface area contributed by atoms with Gasteiger partial charge >= 0.3 is 0 Å². The average molecular weight is 239 g/mol. The highest BCUT2D eigenvalue weighted by Crippen LogP contribution is 2.29. The van der Waals surface area contributed by atoms with Crippen molar-refractivity contribution in [1.29, 1.82) is 0 Å². The largest absolute Gasteiger partial charge is 0.395 e. The molecule has 0 unspecified atom stereocenters. The van der Waals surface area contributed by atoms with Crippen molar-refractivity contribution in [2.75, 3.05) is 5.73 Å². The van der Waals surface area contributed by atoms with Gasteiger partial charge in [0.2, 0.25) is 0 Å². The number of fused-ring (bicyclic) bond motifs is 1. The van der Waals surface area contributed by atoms with Crippen LogP contribution in [0.3, 0.4) is 0 Å². The molecule has 0 fully saturated rings. The van der Waals surface area contributed by atoms with Crippen LogP contribution in [-0.4, -0.2) is 9.97 Å². The fourth-order valence-electron chi connectivity index (χ4n) is 2.59. The van der Waals surface area contributed by atoms with Crippen LogP contribution < -0.4 is 5.73 Å². The van der Waals surface area contributed by atoms with E-state index < -0.39 is 0 Å². The maximum Gasteiger partial charge on any atom is 0.116 e. The highest BCUT2D eigenvalue weighted by atomic mass is 14.9. The Balaban J connectivity index is 2.09. The van der Waals surface area contributed by atoms with Gasteiger partial charge in [-0.3, -0.25) is 0 Å². The second kappa shape index (κ2) is 4.41. The number of nitrogen functional groups attached to an aromatic ring is 1. The number of benzene rings is 1. The molecule has 1 aliphatic rings. The third-order valence-corrected chi connectivity index (χ3v) is 3.71. The summed E-state index contributed by atoms with van der Waals surface area (Å²) in [5.41, 5.74) is 12.5. The summed E-state index contributed by atoms with van der Waals surface area (Å²) in [6.45, 7) is 1.92. The Bertz CT molecular complexity index is 590. The minimum Gasteiger partial charge on any atom is -0.395 e. The molecule has 0 amide bonds. The Morgan fingerprint density at radius 2 is 1.83 bits per heavy atom. The van der Waals surface area contributed by atoms with Crippen molar-refractivity contribution in [1.82, 2.24) is 9.97 Å². The number of anilines is 1. The van der Waals surface area contributed by atoms with Gasteiger partial charge in [-0.15, -0.1) is 0 Å². The minimum atomic E-state index is 0.688. The summed E-state index contributed by atoms with van der Waals surface area (Å²) in [4.78, 5) is 8.44. The van der Waals surface area contributed by atoms with Gasteiger partial charge in [-0.1, -0.05) is 12.1 Å². The molecule has 0 atom stereocenters.